The lowest BCUT2D eigenvalue weighted by molar-refractivity contribution is -0.137. The first-order chi connectivity index (χ1) is 10.8. The van der Waals surface area contributed by atoms with Crippen molar-refractivity contribution in [3.8, 4) is 0 Å². The summed E-state index contributed by atoms with van der Waals surface area (Å²) in [6, 6.07) is 14.2. The maximum atomic E-state index is 11.7. The van der Waals surface area contributed by atoms with Crippen LogP contribution in [-0.2, 0) is 16.0 Å². The van der Waals surface area contributed by atoms with Crippen LogP contribution in [0.25, 0.3) is 16.8 Å². The molecule has 0 saturated heterocycles. The molecular weight excluding hydrogens is 294 g/mol. The molecule has 4 heteroatoms. The van der Waals surface area contributed by atoms with E-state index < -0.39 is 0 Å². The van der Waals surface area contributed by atoms with Crippen molar-refractivity contribution in [2.75, 3.05) is 6.61 Å². The number of fused-ring (bicyclic) bond motifs is 1. The Hall–Kier alpha value is -2.46. The average molecular weight is 309 g/mol. The summed E-state index contributed by atoms with van der Waals surface area (Å²) >= 11 is 1.57. The summed E-state index contributed by atoms with van der Waals surface area (Å²) in [6.07, 6.45) is 5.75. The zero-order chi connectivity index (χ0) is 15.2. The topological polar surface area (TPSA) is 39.2 Å². The average Bonchev–Trinajstić information content (AvgIpc) is 3.06. The van der Waals surface area contributed by atoms with Gasteiger partial charge >= 0.3 is 5.97 Å². The van der Waals surface area contributed by atoms with E-state index in [9.17, 15) is 4.79 Å². The largest absolute Gasteiger partial charge is 0.462 e. The van der Waals surface area contributed by atoms with Crippen LogP contribution in [0.5, 0.6) is 0 Å². The first-order valence-electron chi connectivity index (χ1n) is 7.02. The molecule has 22 heavy (non-hydrogen) atoms. The molecule has 2 aromatic carbocycles. The lowest BCUT2D eigenvalue weighted by Crippen LogP contribution is -2.03. The third-order valence-electron chi connectivity index (χ3n) is 3.26. The van der Waals surface area contributed by atoms with E-state index in [-0.39, 0.29) is 5.97 Å². The number of esters is 1. The van der Waals surface area contributed by atoms with Crippen LogP contribution in [-0.4, -0.2) is 17.6 Å². The number of ether oxygens (including phenoxy) is 1. The number of nitrogens with zero attached hydrogens (tertiary/aromatic N) is 1. The van der Waals surface area contributed by atoms with Crippen LogP contribution in [0.4, 0.5) is 0 Å². The molecule has 0 atom stereocenters. The lowest BCUT2D eigenvalue weighted by Gasteiger charge is -2.01. The highest BCUT2D eigenvalue weighted by molar-refractivity contribution is 7.09. The van der Waals surface area contributed by atoms with E-state index in [1.165, 1.54) is 11.5 Å². The molecule has 0 bridgehead atoms. The van der Waals surface area contributed by atoms with Crippen LogP contribution in [0.1, 0.15) is 10.4 Å². The van der Waals surface area contributed by atoms with Crippen LogP contribution in [0, 0.1) is 0 Å². The molecule has 0 aliphatic carbocycles. The molecule has 0 radical (unpaired) electrons. The predicted octanol–water partition coefficient (Wildman–Crippen LogP) is 4.10. The third kappa shape index (κ3) is 3.80. The maximum Gasteiger partial charge on any atom is 0.330 e. The molecule has 0 N–H and O–H groups in total. The summed E-state index contributed by atoms with van der Waals surface area (Å²) in [5, 5.41) is 2.34. The Morgan fingerprint density at radius 1 is 1.18 bits per heavy atom. The minimum Gasteiger partial charge on any atom is -0.462 e. The van der Waals surface area contributed by atoms with Crippen molar-refractivity contribution in [2.24, 2.45) is 0 Å². The van der Waals surface area contributed by atoms with Gasteiger partial charge in [0.05, 0.1) is 12.1 Å². The van der Waals surface area contributed by atoms with Crippen molar-refractivity contribution in [2.45, 2.75) is 6.42 Å². The highest BCUT2D eigenvalue weighted by Crippen LogP contribution is 2.16. The van der Waals surface area contributed by atoms with E-state index in [0.717, 1.165) is 15.8 Å². The Morgan fingerprint density at radius 2 is 2.05 bits per heavy atom. The van der Waals surface area contributed by atoms with Gasteiger partial charge in [-0.3, -0.25) is 4.98 Å². The van der Waals surface area contributed by atoms with Gasteiger partial charge in [-0.2, -0.15) is 0 Å². The SMILES string of the molecule is O=C(/C=C/c1ccc2ccccc2c1)OCCc1cncs1. The van der Waals surface area contributed by atoms with Gasteiger partial charge < -0.3 is 4.74 Å². The smallest absolute Gasteiger partial charge is 0.330 e. The number of aromatic nitrogens is 1. The highest BCUT2D eigenvalue weighted by Gasteiger charge is 2.00. The fourth-order valence-corrected chi connectivity index (χ4v) is 2.72. The van der Waals surface area contributed by atoms with Crippen molar-refractivity contribution >= 4 is 34.2 Å². The summed E-state index contributed by atoms with van der Waals surface area (Å²) in [4.78, 5) is 16.8. The molecule has 3 nitrogen and oxygen atoms in total. The van der Waals surface area contributed by atoms with Crippen LogP contribution in [0.3, 0.4) is 0 Å². The van der Waals surface area contributed by atoms with Gasteiger partial charge in [0.15, 0.2) is 0 Å². The second kappa shape index (κ2) is 7.00. The number of thiazole rings is 1. The van der Waals surface area contributed by atoms with Gasteiger partial charge in [0.25, 0.3) is 0 Å². The number of carbonyl (C=O) groups is 1. The van der Waals surface area contributed by atoms with Crippen molar-refractivity contribution in [3.63, 3.8) is 0 Å². The van der Waals surface area contributed by atoms with Crippen LogP contribution < -0.4 is 0 Å². The van der Waals surface area contributed by atoms with Crippen molar-refractivity contribution in [1.29, 1.82) is 0 Å². The maximum absolute atomic E-state index is 11.7. The number of hydrogen-bond donors (Lipinski definition) is 0. The molecule has 0 saturated carbocycles. The van der Waals surface area contributed by atoms with Crippen molar-refractivity contribution < 1.29 is 9.53 Å². The molecule has 0 fully saturated rings. The Balaban J connectivity index is 1.56. The quantitative estimate of drug-likeness (QED) is 0.526. The third-order valence-corrected chi connectivity index (χ3v) is 4.10. The molecule has 0 amide bonds. The van der Waals surface area contributed by atoms with Crippen LogP contribution in [0.2, 0.25) is 0 Å². The van der Waals surface area contributed by atoms with E-state index in [1.54, 1.807) is 29.1 Å². The second-order valence-corrected chi connectivity index (χ2v) is 5.80. The second-order valence-electron chi connectivity index (χ2n) is 4.83. The molecule has 3 rings (SSSR count). The Morgan fingerprint density at radius 3 is 2.86 bits per heavy atom. The molecule has 110 valence electrons. The zero-order valence-corrected chi connectivity index (χ0v) is 12.8. The number of hydrogen-bond acceptors (Lipinski definition) is 4. The molecule has 1 heterocycles. The summed E-state index contributed by atoms with van der Waals surface area (Å²) in [6.45, 7) is 0.378. The summed E-state index contributed by atoms with van der Waals surface area (Å²) in [5.41, 5.74) is 2.76. The number of carbonyl (C=O) groups excluding carboxylic acids is 1. The van der Waals surface area contributed by atoms with Crippen LogP contribution >= 0.6 is 11.3 Å². The van der Waals surface area contributed by atoms with E-state index in [0.29, 0.717) is 13.0 Å². The van der Waals surface area contributed by atoms with E-state index in [4.69, 9.17) is 4.74 Å². The van der Waals surface area contributed by atoms with Gasteiger partial charge in [-0.1, -0.05) is 36.4 Å². The molecule has 0 spiro atoms. The monoisotopic (exact) mass is 309 g/mol. The summed E-state index contributed by atoms with van der Waals surface area (Å²) in [5.74, 6) is -0.322. The Bertz CT molecular complexity index is 794. The zero-order valence-electron chi connectivity index (χ0n) is 11.9. The first-order valence-corrected chi connectivity index (χ1v) is 7.90. The van der Waals surface area contributed by atoms with E-state index >= 15 is 0 Å². The number of benzene rings is 2. The summed E-state index contributed by atoms with van der Waals surface area (Å²) < 4.78 is 5.18. The van der Waals surface area contributed by atoms with Gasteiger partial charge in [0.2, 0.25) is 0 Å². The lowest BCUT2D eigenvalue weighted by atomic mass is 10.1. The summed E-state index contributed by atoms with van der Waals surface area (Å²) in [7, 11) is 0. The predicted molar refractivity (Wildman–Crippen MR) is 89.8 cm³/mol. The first kappa shape index (κ1) is 14.5. The molecule has 1 aromatic heterocycles. The van der Waals surface area contributed by atoms with E-state index in [1.807, 2.05) is 24.3 Å². The fourth-order valence-electron chi connectivity index (χ4n) is 2.14. The van der Waals surface area contributed by atoms with Gasteiger partial charge in [-0.15, -0.1) is 11.3 Å². The van der Waals surface area contributed by atoms with Crippen molar-refractivity contribution in [3.05, 3.63) is 70.7 Å². The standard InChI is InChI=1S/C18H15NO2S/c20-18(21-10-9-17-12-19-13-22-17)8-6-14-5-7-15-3-1-2-4-16(15)11-14/h1-8,11-13H,9-10H2/b8-6+. The normalized spacial score (nSPS) is 11.1. The van der Waals surface area contributed by atoms with Crippen molar-refractivity contribution in [1.82, 2.24) is 4.98 Å². The molecule has 0 unspecified atom stereocenters. The number of rotatable bonds is 5. The minimum atomic E-state index is -0.322. The molecular formula is C18H15NO2S. The van der Waals surface area contributed by atoms with Gasteiger partial charge in [-0.25, -0.2) is 4.79 Å². The molecule has 0 aliphatic heterocycles. The minimum absolute atomic E-state index is 0.322. The van der Waals surface area contributed by atoms with Crippen LogP contribution in [0.15, 0.2) is 60.2 Å². The Kier molecular flexibility index (Phi) is 4.61. The molecule has 3 aromatic rings. The Labute approximate surface area is 132 Å². The molecule has 0 aliphatic rings. The highest BCUT2D eigenvalue weighted by atomic mass is 32.1. The van der Waals surface area contributed by atoms with Gasteiger partial charge in [-0.05, 0) is 28.5 Å². The van der Waals surface area contributed by atoms with E-state index in [2.05, 4.69) is 23.2 Å². The van der Waals surface area contributed by atoms with Gasteiger partial charge in [0, 0.05) is 23.6 Å². The van der Waals surface area contributed by atoms with Gasteiger partial charge in [0.1, 0.15) is 0 Å². The fraction of sp³-hybridized carbons (Fsp3) is 0.111.